The average Bonchev–Trinajstić information content (AvgIpc) is 1.56. The van der Waals surface area contributed by atoms with Crippen LogP contribution in [0, 0.1) is 142 Å². The number of esters is 4. The number of hydrogen-bond acceptors (Lipinski definition) is 12. The minimum atomic E-state index is -0.937. The summed E-state index contributed by atoms with van der Waals surface area (Å²) in [7, 11) is 0. The van der Waals surface area contributed by atoms with Crippen LogP contribution < -0.4 is 0 Å². The zero-order valence-corrected chi connectivity index (χ0v) is 61.1. The molecule has 18 aliphatic carbocycles. The van der Waals surface area contributed by atoms with Gasteiger partial charge in [0.2, 0.25) is 0 Å². The van der Waals surface area contributed by atoms with Gasteiger partial charge in [-0.05, 0) is 351 Å². The first-order chi connectivity index (χ1) is 46.9. The molecule has 0 aromatic heterocycles. The van der Waals surface area contributed by atoms with Crippen LogP contribution in [-0.2, 0) is 38.1 Å². The lowest BCUT2D eigenvalue weighted by molar-refractivity contribution is -0.176. The number of carbonyl (C=O) groups is 4. The molecule has 4 N–H and O–H groups in total. The maximum Gasteiger partial charge on any atom is 0.309 e. The van der Waals surface area contributed by atoms with E-state index in [1.54, 1.807) is 0 Å². The molecule has 544 valence electrons. The van der Waals surface area contributed by atoms with Crippen LogP contribution in [0.15, 0.2) is 48.6 Å². The molecule has 0 spiro atoms. The molecule has 14 saturated carbocycles. The van der Waals surface area contributed by atoms with Gasteiger partial charge in [-0.1, -0.05) is 81.2 Å². The van der Waals surface area contributed by atoms with Crippen LogP contribution in [0.3, 0.4) is 0 Å². The van der Waals surface area contributed by atoms with Gasteiger partial charge in [0.15, 0.2) is 0 Å². The Bertz CT molecular complexity index is 2990. The average molecular weight is 1350 g/mol. The van der Waals surface area contributed by atoms with Crippen molar-refractivity contribution in [1.82, 2.24) is 0 Å². The lowest BCUT2D eigenvalue weighted by atomic mass is 9.68. The van der Waals surface area contributed by atoms with Crippen molar-refractivity contribution in [1.29, 1.82) is 0 Å². The van der Waals surface area contributed by atoms with E-state index in [1.807, 2.05) is 34.6 Å². The third kappa shape index (κ3) is 13.8. The molecule has 0 saturated heterocycles. The maximum atomic E-state index is 12.9. The number of fused-ring (bicyclic) bond motifs is 24. The standard InChI is InChI=1S/C23H34O3.C22H32O3.C22H34O3.C19H28O3/c1-22(25,19-12-15-4-6-17(19)10-15)14-21(24)26-23(8-2-3-9-23)20-13-16-5-7-18(20)11-16;1-2-22(7-3-4-8-22)25-19(24)12-18(23)16-10-15-11-17(16)21-14-6-5-13(9-14)20(15)21;1-21(24,19-14-16-9-10-17(19)13-16)15-20(23)25-22(11-5-6-12-22)18-7-3-2-4-8-18;1-19(2,3)22-16(21)9-15(20)13-7-12-8-14(13)18-11-5-4-10(6-11)17(12)18/h4,6,15-20,25H,2-3,5,7-14H2,1H3;5-6,13-18,20-21,23H,2-4,7-12H2,1H3;9-10,16-19,24H,2-8,11-15H2,1H3;4-5,10-15,17-18,20H,6-9H2,1-3H3. The van der Waals surface area contributed by atoms with Crippen LogP contribution in [0.5, 0.6) is 0 Å². The Kier molecular flexibility index (Phi) is 19.8. The van der Waals surface area contributed by atoms with Crippen LogP contribution in [-0.4, -0.2) is 90.1 Å². The first kappa shape index (κ1) is 70.3. The van der Waals surface area contributed by atoms with Crippen molar-refractivity contribution >= 4 is 23.9 Å². The maximum absolute atomic E-state index is 12.9. The normalized spacial score (nSPS) is 43.3. The Hall–Kier alpha value is -3.32. The summed E-state index contributed by atoms with van der Waals surface area (Å²) in [5.41, 5.74) is -2.99. The summed E-state index contributed by atoms with van der Waals surface area (Å²) in [6.45, 7) is 11.5. The van der Waals surface area contributed by atoms with Gasteiger partial charge in [0.25, 0.3) is 0 Å². The van der Waals surface area contributed by atoms with Crippen molar-refractivity contribution in [2.45, 2.75) is 319 Å². The molecule has 12 heteroatoms. The number of hydrogen-bond donors (Lipinski definition) is 4. The number of aliphatic hydroxyl groups excluding tert-OH is 2. The second-order valence-corrected chi connectivity index (χ2v) is 38.6. The highest BCUT2D eigenvalue weighted by atomic mass is 16.6. The largest absolute Gasteiger partial charge is 0.460 e. The number of rotatable bonds is 18. The van der Waals surface area contributed by atoms with Crippen LogP contribution in [0.4, 0.5) is 0 Å². The van der Waals surface area contributed by atoms with Crippen molar-refractivity contribution in [3.63, 3.8) is 0 Å². The Labute approximate surface area is 588 Å². The molecule has 12 nitrogen and oxygen atoms in total. The summed E-state index contributed by atoms with van der Waals surface area (Å²) in [6, 6.07) is 0. The molecule has 0 aromatic carbocycles. The van der Waals surface area contributed by atoms with Crippen molar-refractivity contribution in [2.75, 3.05) is 0 Å². The summed E-state index contributed by atoms with van der Waals surface area (Å²) < 4.78 is 23.7. The molecule has 18 rings (SSSR count). The van der Waals surface area contributed by atoms with E-state index in [2.05, 4.69) is 55.5 Å². The van der Waals surface area contributed by atoms with Crippen LogP contribution in [0.1, 0.15) is 273 Å². The zero-order valence-electron chi connectivity index (χ0n) is 61.1. The van der Waals surface area contributed by atoms with Crippen LogP contribution >= 0.6 is 0 Å². The lowest BCUT2D eigenvalue weighted by Crippen LogP contribution is -2.45. The summed E-state index contributed by atoms with van der Waals surface area (Å²) in [5.74, 6) is 14.6. The molecule has 0 radical (unpaired) electrons. The van der Waals surface area contributed by atoms with E-state index in [0.717, 1.165) is 167 Å². The van der Waals surface area contributed by atoms with E-state index in [9.17, 15) is 39.6 Å². The highest BCUT2D eigenvalue weighted by Crippen LogP contribution is 2.69. The summed E-state index contributed by atoms with van der Waals surface area (Å²) >= 11 is 0. The molecule has 0 aliphatic heterocycles. The van der Waals surface area contributed by atoms with E-state index in [1.165, 1.54) is 109 Å². The first-order valence-electron chi connectivity index (χ1n) is 41.3. The van der Waals surface area contributed by atoms with E-state index >= 15 is 0 Å². The highest BCUT2D eigenvalue weighted by molar-refractivity contribution is 5.72. The van der Waals surface area contributed by atoms with Crippen LogP contribution in [0.2, 0.25) is 0 Å². The van der Waals surface area contributed by atoms with E-state index in [-0.39, 0.29) is 78.2 Å². The summed E-state index contributed by atoms with van der Waals surface area (Å²) in [4.78, 5) is 50.3. The predicted molar refractivity (Wildman–Crippen MR) is 378 cm³/mol. The minimum absolute atomic E-state index is 0.147. The van der Waals surface area contributed by atoms with Crippen molar-refractivity contribution in [2.24, 2.45) is 142 Å². The van der Waals surface area contributed by atoms with E-state index in [4.69, 9.17) is 18.9 Å². The quantitative estimate of drug-likeness (QED) is 0.0441. The smallest absolute Gasteiger partial charge is 0.309 e. The lowest BCUT2D eigenvalue weighted by Gasteiger charge is -2.41. The second-order valence-electron chi connectivity index (χ2n) is 38.6. The monoisotopic (exact) mass is 1350 g/mol. The second kappa shape index (κ2) is 27.6. The highest BCUT2D eigenvalue weighted by Gasteiger charge is 2.64. The minimum Gasteiger partial charge on any atom is -0.460 e. The fourth-order valence-corrected chi connectivity index (χ4v) is 27.8. The first-order valence-corrected chi connectivity index (χ1v) is 41.3. The van der Waals surface area contributed by atoms with Gasteiger partial charge in [0.05, 0.1) is 49.1 Å². The third-order valence-electron chi connectivity index (χ3n) is 31.7. The molecule has 14 bridgehead atoms. The Balaban J connectivity index is 0.000000107. The molecule has 0 heterocycles. The molecule has 18 aliphatic rings. The molecule has 27 atom stereocenters. The number of carbonyl (C=O) groups excluding carboxylic acids is 4. The van der Waals surface area contributed by atoms with Crippen LogP contribution in [0.25, 0.3) is 0 Å². The molecular weight excluding hydrogens is 1220 g/mol. The number of aliphatic hydroxyl groups is 4. The Morgan fingerprint density at radius 3 is 1.34 bits per heavy atom. The Morgan fingerprint density at radius 1 is 0.439 bits per heavy atom. The Morgan fingerprint density at radius 2 is 0.898 bits per heavy atom. The molecule has 14 fully saturated rings. The topological polar surface area (TPSA) is 186 Å². The zero-order chi connectivity index (χ0) is 68.3. The fraction of sp³-hybridized carbons (Fsp3) is 0.860. The van der Waals surface area contributed by atoms with Gasteiger partial charge in [-0.2, -0.15) is 0 Å². The van der Waals surface area contributed by atoms with Gasteiger partial charge in [0, 0.05) is 5.92 Å². The summed E-state index contributed by atoms with van der Waals surface area (Å²) in [5, 5.41) is 43.6. The van der Waals surface area contributed by atoms with Crippen molar-refractivity contribution in [3.8, 4) is 0 Å². The molecule has 0 aromatic rings. The van der Waals surface area contributed by atoms with Gasteiger partial charge in [-0.25, -0.2) is 0 Å². The van der Waals surface area contributed by atoms with Gasteiger partial charge in [0.1, 0.15) is 22.4 Å². The summed E-state index contributed by atoms with van der Waals surface area (Å²) in [6.07, 6.45) is 56.2. The fourth-order valence-electron chi connectivity index (χ4n) is 27.8. The number of allylic oxidation sites excluding steroid dienone is 8. The SMILES string of the molecule is CC(C)(C)OC(=O)CC(O)C1CC2CC1C1C3C=CC(C3)C21.CC(O)(CC(=O)OC1(C2CC3CCC2C3)CCCC1)C1CC2C=CC1C2.CC(O)(CC(=O)OC1(C2CCCCC2)CCCC1)C1CC2C=CC1C2.CCC1(OC(=O)CC(O)C2CC3CC2C2C4C=CC(C4)C32)CCCC1. The molecule has 27 unspecified atom stereocenters. The van der Waals surface area contributed by atoms with Gasteiger partial charge < -0.3 is 39.4 Å². The van der Waals surface area contributed by atoms with Gasteiger partial charge in [-0.15, -0.1) is 0 Å². The third-order valence-corrected chi connectivity index (χ3v) is 31.7. The molecule has 98 heavy (non-hydrogen) atoms. The van der Waals surface area contributed by atoms with Crippen molar-refractivity contribution < 1.29 is 58.6 Å². The van der Waals surface area contributed by atoms with Gasteiger partial charge >= 0.3 is 23.9 Å². The van der Waals surface area contributed by atoms with Gasteiger partial charge in [-0.3, -0.25) is 19.2 Å². The van der Waals surface area contributed by atoms with E-state index in [0.29, 0.717) is 59.2 Å². The number of ether oxygens (including phenoxy) is 4. The molecular formula is C86H128O12. The molecule has 0 amide bonds. The predicted octanol–water partition coefficient (Wildman–Crippen LogP) is 16.7. The van der Waals surface area contributed by atoms with Crippen molar-refractivity contribution in [3.05, 3.63) is 48.6 Å². The van der Waals surface area contributed by atoms with E-state index < -0.39 is 29.0 Å².